The molecule has 0 aliphatic carbocycles. The fourth-order valence-corrected chi connectivity index (χ4v) is 2.53. The number of pyridine rings is 1. The Morgan fingerprint density at radius 3 is 2.69 bits per heavy atom. The molecular formula is C12H17NO2S. The molecule has 4 heteroatoms. The van der Waals surface area contributed by atoms with Crippen LogP contribution < -0.4 is 0 Å². The Labute approximate surface area is 100 Å². The fourth-order valence-electron chi connectivity index (χ4n) is 1.42. The van der Waals surface area contributed by atoms with Gasteiger partial charge in [-0.05, 0) is 31.9 Å². The van der Waals surface area contributed by atoms with Crippen LogP contribution in [0.3, 0.4) is 0 Å². The summed E-state index contributed by atoms with van der Waals surface area (Å²) < 4.78 is 0. The van der Waals surface area contributed by atoms with E-state index in [1.165, 1.54) is 11.8 Å². The first-order valence-corrected chi connectivity index (χ1v) is 6.21. The van der Waals surface area contributed by atoms with Crippen LogP contribution in [0.15, 0.2) is 11.1 Å². The molecule has 1 atom stereocenters. The second-order valence-corrected chi connectivity index (χ2v) is 5.33. The number of carboxylic acids is 1. The second kappa shape index (κ2) is 5.34. The number of aromatic nitrogens is 1. The molecule has 0 radical (unpaired) electrons. The van der Waals surface area contributed by atoms with Gasteiger partial charge in [0.2, 0.25) is 0 Å². The van der Waals surface area contributed by atoms with Crippen LogP contribution in [-0.2, 0) is 0 Å². The Hall–Kier alpha value is -1.03. The fraction of sp³-hybridized carbons (Fsp3) is 0.500. The third kappa shape index (κ3) is 2.98. The zero-order valence-corrected chi connectivity index (χ0v) is 10.9. The van der Waals surface area contributed by atoms with Crippen molar-refractivity contribution in [3.8, 4) is 0 Å². The molecule has 0 spiro atoms. The van der Waals surface area contributed by atoms with Crippen molar-refractivity contribution in [3.63, 3.8) is 0 Å². The molecule has 0 aromatic carbocycles. The Balaban J connectivity index is 3.19. The van der Waals surface area contributed by atoms with Crippen LogP contribution in [-0.4, -0.2) is 21.3 Å². The van der Waals surface area contributed by atoms with Crippen molar-refractivity contribution in [2.75, 3.05) is 0 Å². The van der Waals surface area contributed by atoms with Gasteiger partial charge in [-0.25, -0.2) is 9.78 Å². The van der Waals surface area contributed by atoms with Gasteiger partial charge in [0, 0.05) is 10.9 Å². The van der Waals surface area contributed by atoms with Crippen LogP contribution in [0.4, 0.5) is 0 Å². The van der Waals surface area contributed by atoms with E-state index >= 15 is 0 Å². The molecular weight excluding hydrogens is 222 g/mol. The smallest absolute Gasteiger partial charge is 0.338 e. The lowest BCUT2D eigenvalue weighted by Crippen LogP contribution is -2.07. The Morgan fingerprint density at radius 1 is 1.56 bits per heavy atom. The number of hydrogen-bond donors (Lipinski definition) is 1. The largest absolute Gasteiger partial charge is 0.478 e. The van der Waals surface area contributed by atoms with Gasteiger partial charge in [0.15, 0.2) is 0 Å². The average molecular weight is 239 g/mol. The zero-order valence-electron chi connectivity index (χ0n) is 10.1. The average Bonchev–Trinajstić information content (AvgIpc) is 2.15. The van der Waals surface area contributed by atoms with Gasteiger partial charge in [-0.3, -0.25) is 0 Å². The Bertz CT molecular complexity index is 404. The van der Waals surface area contributed by atoms with Crippen LogP contribution in [0, 0.1) is 13.8 Å². The molecule has 16 heavy (non-hydrogen) atoms. The maximum absolute atomic E-state index is 11.2. The molecule has 0 saturated heterocycles. The van der Waals surface area contributed by atoms with Crippen molar-refractivity contribution >= 4 is 17.7 Å². The maximum Gasteiger partial charge on any atom is 0.338 e. The SMILES string of the molecule is CCC(C)Sc1nc(C)cc(C)c1C(=O)O. The van der Waals surface area contributed by atoms with E-state index in [1.807, 2.05) is 19.9 Å². The van der Waals surface area contributed by atoms with Crippen molar-refractivity contribution < 1.29 is 9.90 Å². The number of thioether (sulfide) groups is 1. The molecule has 3 nitrogen and oxygen atoms in total. The van der Waals surface area contributed by atoms with Gasteiger partial charge < -0.3 is 5.11 Å². The van der Waals surface area contributed by atoms with E-state index in [9.17, 15) is 4.79 Å². The van der Waals surface area contributed by atoms with Crippen LogP contribution in [0.25, 0.3) is 0 Å². The number of nitrogens with zero attached hydrogens (tertiary/aromatic N) is 1. The van der Waals surface area contributed by atoms with E-state index in [-0.39, 0.29) is 0 Å². The second-order valence-electron chi connectivity index (χ2n) is 3.90. The lowest BCUT2D eigenvalue weighted by molar-refractivity contribution is 0.0691. The van der Waals surface area contributed by atoms with E-state index in [0.29, 0.717) is 15.8 Å². The van der Waals surface area contributed by atoms with E-state index < -0.39 is 5.97 Å². The minimum absolute atomic E-state index is 0.343. The van der Waals surface area contributed by atoms with Gasteiger partial charge in [-0.1, -0.05) is 13.8 Å². The molecule has 1 heterocycles. The molecule has 88 valence electrons. The van der Waals surface area contributed by atoms with Gasteiger partial charge in [-0.2, -0.15) is 0 Å². The van der Waals surface area contributed by atoms with E-state index in [0.717, 1.165) is 17.7 Å². The maximum atomic E-state index is 11.2. The zero-order chi connectivity index (χ0) is 12.3. The number of aromatic carboxylic acids is 1. The highest BCUT2D eigenvalue weighted by molar-refractivity contribution is 7.99. The normalized spacial score (nSPS) is 12.5. The number of carboxylic acid groups (broad SMARTS) is 1. The first kappa shape index (κ1) is 13.0. The minimum atomic E-state index is -0.893. The molecule has 1 N–H and O–H groups in total. The predicted octanol–water partition coefficient (Wildman–Crippen LogP) is 3.29. The van der Waals surface area contributed by atoms with Crippen LogP contribution >= 0.6 is 11.8 Å². The quantitative estimate of drug-likeness (QED) is 0.819. The lowest BCUT2D eigenvalue weighted by atomic mass is 10.1. The summed E-state index contributed by atoms with van der Waals surface area (Å²) in [5, 5.41) is 10.2. The highest BCUT2D eigenvalue weighted by Crippen LogP contribution is 2.28. The lowest BCUT2D eigenvalue weighted by Gasteiger charge is -2.12. The molecule has 0 saturated carbocycles. The monoisotopic (exact) mass is 239 g/mol. The molecule has 0 fully saturated rings. The van der Waals surface area contributed by atoms with Crippen molar-refractivity contribution in [1.82, 2.24) is 4.98 Å². The van der Waals surface area contributed by atoms with E-state index in [4.69, 9.17) is 5.11 Å². The summed E-state index contributed by atoms with van der Waals surface area (Å²) in [6.07, 6.45) is 0.998. The van der Waals surface area contributed by atoms with Gasteiger partial charge in [0.1, 0.15) is 5.03 Å². The molecule has 1 unspecified atom stereocenters. The highest BCUT2D eigenvalue weighted by atomic mass is 32.2. The summed E-state index contributed by atoms with van der Waals surface area (Å²) in [4.78, 5) is 15.5. The molecule has 1 aromatic rings. The highest BCUT2D eigenvalue weighted by Gasteiger charge is 2.17. The molecule has 1 aromatic heterocycles. The summed E-state index contributed by atoms with van der Waals surface area (Å²) in [5.41, 5.74) is 2.00. The number of rotatable bonds is 4. The van der Waals surface area contributed by atoms with E-state index in [1.54, 1.807) is 0 Å². The molecule has 0 aliphatic heterocycles. The van der Waals surface area contributed by atoms with Gasteiger partial charge >= 0.3 is 5.97 Å². The standard InChI is InChI=1S/C12H17NO2S/c1-5-9(4)16-11-10(12(14)15)7(2)6-8(3)13-11/h6,9H,5H2,1-4H3,(H,14,15). The van der Waals surface area contributed by atoms with Crippen molar-refractivity contribution in [1.29, 1.82) is 0 Å². The van der Waals surface area contributed by atoms with Gasteiger partial charge in [0.05, 0.1) is 5.56 Å². The molecule has 0 amide bonds. The summed E-state index contributed by atoms with van der Waals surface area (Å²) in [6.45, 7) is 7.87. The van der Waals surface area contributed by atoms with Crippen molar-refractivity contribution in [2.24, 2.45) is 0 Å². The number of hydrogen-bond acceptors (Lipinski definition) is 3. The summed E-state index contributed by atoms with van der Waals surface area (Å²) >= 11 is 1.53. The first-order chi connectivity index (χ1) is 7.45. The molecule has 0 bridgehead atoms. The van der Waals surface area contributed by atoms with Crippen LogP contribution in [0.5, 0.6) is 0 Å². The van der Waals surface area contributed by atoms with Crippen LogP contribution in [0.2, 0.25) is 0 Å². The minimum Gasteiger partial charge on any atom is -0.478 e. The summed E-state index contributed by atoms with van der Waals surface area (Å²) in [6, 6.07) is 1.81. The van der Waals surface area contributed by atoms with Gasteiger partial charge in [-0.15, -0.1) is 11.8 Å². The van der Waals surface area contributed by atoms with Crippen molar-refractivity contribution in [2.45, 2.75) is 44.4 Å². The molecule has 1 rings (SSSR count). The first-order valence-electron chi connectivity index (χ1n) is 5.33. The van der Waals surface area contributed by atoms with Crippen molar-refractivity contribution in [3.05, 3.63) is 22.9 Å². The summed E-state index contributed by atoms with van der Waals surface area (Å²) in [7, 11) is 0. The van der Waals surface area contributed by atoms with Crippen LogP contribution in [0.1, 0.15) is 41.9 Å². The summed E-state index contributed by atoms with van der Waals surface area (Å²) in [5.74, 6) is -0.893. The Kier molecular flexibility index (Phi) is 4.35. The topological polar surface area (TPSA) is 50.2 Å². The van der Waals surface area contributed by atoms with E-state index in [2.05, 4.69) is 18.8 Å². The number of carbonyl (C=O) groups is 1. The third-order valence-corrected chi connectivity index (χ3v) is 3.67. The third-order valence-electron chi connectivity index (χ3n) is 2.41. The Morgan fingerprint density at radius 2 is 2.19 bits per heavy atom. The van der Waals surface area contributed by atoms with Gasteiger partial charge in [0.25, 0.3) is 0 Å². The number of aryl methyl sites for hydroxylation is 2. The molecule has 0 aliphatic rings. The predicted molar refractivity (Wildman–Crippen MR) is 66.3 cm³/mol.